The maximum atomic E-state index is 12.5. The molecular formula is C14H29N3O2S. The number of likely N-dealkylation sites (N-methyl/N-ethyl adjacent to an activating group) is 2. The van der Waals surface area contributed by atoms with Gasteiger partial charge in [0, 0.05) is 25.7 Å². The van der Waals surface area contributed by atoms with Crippen molar-refractivity contribution in [1.82, 2.24) is 14.5 Å². The summed E-state index contributed by atoms with van der Waals surface area (Å²) >= 11 is 0. The number of nitrogens with one attached hydrogen (secondary N) is 1. The van der Waals surface area contributed by atoms with E-state index in [1.807, 2.05) is 0 Å². The molecule has 0 aromatic carbocycles. The van der Waals surface area contributed by atoms with Crippen molar-refractivity contribution in [2.75, 3.05) is 39.5 Å². The third-order valence-corrected chi connectivity index (χ3v) is 6.62. The Kier molecular flexibility index (Phi) is 5.84. The van der Waals surface area contributed by atoms with Crippen LogP contribution in [0.1, 0.15) is 38.5 Å². The SMILES string of the molecule is CN1CCCC(N(C)S(=O)(=O)CCC2CCCCN2)C1. The highest BCUT2D eigenvalue weighted by molar-refractivity contribution is 7.89. The van der Waals surface area contributed by atoms with Gasteiger partial charge >= 0.3 is 0 Å². The molecule has 0 aromatic rings. The van der Waals surface area contributed by atoms with Gasteiger partial charge in [-0.25, -0.2) is 12.7 Å². The molecule has 2 aliphatic rings. The molecule has 0 amide bonds. The van der Waals surface area contributed by atoms with Crippen molar-refractivity contribution in [3.63, 3.8) is 0 Å². The molecule has 0 spiro atoms. The minimum Gasteiger partial charge on any atom is -0.314 e. The lowest BCUT2D eigenvalue weighted by molar-refractivity contribution is 0.187. The van der Waals surface area contributed by atoms with Gasteiger partial charge in [0.05, 0.1) is 5.75 Å². The molecule has 0 aliphatic carbocycles. The lowest BCUT2D eigenvalue weighted by atomic mass is 10.0. The van der Waals surface area contributed by atoms with Crippen molar-refractivity contribution < 1.29 is 8.42 Å². The molecule has 0 aromatic heterocycles. The second-order valence-corrected chi connectivity index (χ2v) is 8.47. The van der Waals surface area contributed by atoms with E-state index in [1.54, 1.807) is 11.4 Å². The number of hydrogen-bond acceptors (Lipinski definition) is 4. The normalized spacial score (nSPS) is 29.8. The molecule has 0 saturated carbocycles. The number of sulfonamides is 1. The summed E-state index contributed by atoms with van der Waals surface area (Å²) in [7, 11) is 0.709. The molecule has 0 bridgehead atoms. The average Bonchev–Trinajstić information content (AvgIpc) is 2.45. The highest BCUT2D eigenvalue weighted by atomic mass is 32.2. The summed E-state index contributed by atoms with van der Waals surface area (Å²) in [6.07, 6.45) is 6.38. The molecule has 2 aliphatic heterocycles. The summed E-state index contributed by atoms with van der Waals surface area (Å²) in [4.78, 5) is 2.23. The van der Waals surface area contributed by atoms with E-state index in [0.29, 0.717) is 6.04 Å². The van der Waals surface area contributed by atoms with Crippen LogP contribution in [-0.4, -0.2) is 69.2 Å². The van der Waals surface area contributed by atoms with Crippen LogP contribution >= 0.6 is 0 Å². The van der Waals surface area contributed by atoms with Gasteiger partial charge in [-0.3, -0.25) is 0 Å². The summed E-state index contributed by atoms with van der Waals surface area (Å²) in [5.74, 6) is 0.279. The van der Waals surface area contributed by atoms with Crippen LogP contribution in [-0.2, 0) is 10.0 Å². The summed E-state index contributed by atoms with van der Waals surface area (Å²) in [5.41, 5.74) is 0. The minimum absolute atomic E-state index is 0.151. The molecule has 5 nitrogen and oxygen atoms in total. The zero-order chi connectivity index (χ0) is 14.6. The molecule has 2 atom stereocenters. The van der Waals surface area contributed by atoms with Crippen LogP contribution in [0.5, 0.6) is 0 Å². The number of piperidine rings is 2. The van der Waals surface area contributed by atoms with E-state index >= 15 is 0 Å². The molecule has 2 unspecified atom stereocenters. The van der Waals surface area contributed by atoms with Crippen LogP contribution in [0, 0.1) is 0 Å². The predicted molar refractivity (Wildman–Crippen MR) is 82.3 cm³/mol. The van der Waals surface area contributed by atoms with Crippen LogP contribution in [0.3, 0.4) is 0 Å². The van der Waals surface area contributed by atoms with Gasteiger partial charge in [-0.15, -0.1) is 0 Å². The maximum absolute atomic E-state index is 12.5. The first-order chi connectivity index (χ1) is 9.49. The van der Waals surface area contributed by atoms with Crippen LogP contribution in [0.4, 0.5) is 0 Å². The Morgan fingerprint density at radius 3 is 2.70 bits per heavy atom. The van der Waals surface area contributed by atoms with Gasteiger partial charge in [-0.2, -0.15) is 0 Å². The molecule has 0 radical (unpaired) electrons. The van der Waals surface area contributed by atoms with Crippen LogP contribution in [0.2, 0.25) is 0 Å². The van der Waals surface area contributed by atoms with Crippen molar-refractivity contribution in [3.05, 3.63) is 0 Å². The number of hydrogen-bond donors (Lipinski definition) is 1. The van der Waals surface area contributed by atoms with Gasteiger partial charge in [-0.05, 0) is 52.2 Å². The molecule has 20 heavy (non-hydrogen) atoms. The number of nitrogens with zero attached hydrogens (tertiary/aromatic N) is 2. The predicted octanol–water partition coefficient (Wildman–Crippen LogP) is 0.874. The minimum atomic E-state index is -3.12. The Morgan fingerprint density at radius 2 is 2.05 bits per heavy atom. The van der Waals surface area contributed by atoms with Crippen LogP contribution < -0.4 is 5.32 Å². The fraction of sp³-hybridized carbons (Fsp3) is 1.00. The van der Waals surface area contributed by atoms with Crippen molar-refractivity contribution in [1.29, 1.82) is 0 Å². The molecule has 2 heterocycles. The monoisotopic (exact) mass is 303 g/mol. The topological polar surface area (TPSA) is 52.7 Å². The third kappa shape index (κ3) is 4.41. The Morgan fingerprint density at radius 1 is 1.25 bits per heavy atom. The molecule has 2 rings (SSSR count). The zero-order valence-electron chi connectivity index (χ0n) is 12.8. The van der Waals surface area contributed by atoms with Gasteiger partial charge < -0.3 is 10.2 Å². The zero-order valence-corrected chi connectivity index (χ0v) is 13.7. The smallest absolute Gasteiger partial charge is 0.214 e. The Labute approximate surface area is 123 Å². The molecule has 2 fully saturated rings. The van der Waals surface area contributed by atoms with Crippen molar-refractivity contribution in [2.45, 2.75) is 50.6 Å². The van der Waals surface area contributed by atoms with Crippen molar-refractivity contribution in [3.8, 4) is 0 Å². The summed E-state index contributed by atoms with van der Waals surface area (Å²) in [6.45, 7) is 2.97. The molecule has 6 heteroatoms. The highest BCUT2D eigenvalue weighted by Gasteiger charge is 2.29. The fourth-order valence-electron chi connectivity index (χ4n) is 3.27. The molecule has 2 saturated heterocycles. The third-order valence-electron chi connectivity index (χ3n) is 4.69. The van der Waals surface area contributed by atoms with Crippen molar-refractivity contribution in [2.24, 2.45) is 0 Å². The van der Waals surface area contributed by atoms with Crippen LogP contribution in [0.15, 0.2) is 0 Å². The quantitative estimate of drug-likeness (QED) is 0.819. The number of rotatable bonds is 5. The first-order valence-electron chi connectivity index (χ1n) is 7.86. The van der Waals surface area contributed by atoms with E-state index < -0.39 is 10.0 Å². The lowest BCUT2D eigenvalue weighted by Crippen LogP contribution is -2.48. The van der Waals surface area contributed by atoms with E-state index in [9.17, 15) is 8.42 Å². The average molecular weight is 303 g/mol. The maximum Gasteiger partial charge on any atom is 0.214 e. The Bertz CT molecular complexity index is 393. The largest absolute Gasteiger partial charge is 0.314 e. The molecule has 118 valence electrons. The van der Waals surface area contributed by atoms with Crippen molar-refractivity contribution >= 4 is 10.0 Å². The first kappa shape index (κ1) is 16.2. The van der Waals surface area contributed by atoms with E-state index in [1.165, 1.54) is 12.8 Å². The lowest BCUT2D eigenvalue weighted by Gasteiger charge is -2.35. The Balaban J connectivity index is 1.84. The Hall–Kier alpha value is -0.170. The number of likely N-dealkylation sites (tertiary alicyclic amines) is 1. The standard InChI is InChI=1S/C14H29N3O2S/c1-16-10-5-7-14(12-16)17(2)20(18,19)11-8-13-6-3-4-9-15-13/h13-15H,3-12H2,1-2H3. The summed E-state index contributed by atoms with van der Waals surface area (Å²) in [6, 6.07) is 0.541. The van der Waals surface area contributed by atoms with Gasteiger partial charge in [0.1, 0.15) is 0 Å². The van der Waals surface area contributed by atoms with Crippen LogP contribution in [0.25, 0.3) is 0 Å². The summed E-state index contributed by atoms with van der Waals surface area (Å²) in [5, 5.41) is 3.43. The van der Waals surface area contributed by atoms with Gasteiger partial charge in [0.15, 0.2) is 0 Å². The van der Waals surface area contributed by atoms with E-state index in [0.717, 1.165) is 45.3 Å². The molecule has 1 N–H and O–H groups in total. The second-order valence-electron chi connectivity index (χ2n) is 6.33. The highest BCUT2D eigenvalue weighted by Crippen LogP contribution is 2.18. The molecular weight excluding hydrogens is 274 g/mol. The van der Waals surface area contributed by atoms with Gasteiger partial charge in [0.25, 0.3) is 0 Å². The van der Waals surface area contributed by atoms with E-state index in [-0.39, 0.29) is 11.8 Å². The fourth-order valence-corrected chi connectivity index (χ4v) is 4.77. The van der Waals surface area contributed by atoms with E-state index in [4.69, 9.17) is 0 Å². The summed E-state index contributed by atoms with van der Waals surface area (Å²) < 4.78 is 26.5. The van der Waals surface area contributed by atoms with E-state index in [2.05, 4.69) is 17.3 Å². The van der Waals surface area contributed by atoms with Gasteiger partial charge in [-0.1, -0.05) is 6.42 Å². The van der Waals surface area contributed by atoms with Gasteiger partial charge in [0.2, 0.25) is 10.0 Å². The first-order valence-corrected chi connectivity index (χ1v) is 9.47. The second kappa shape index (κ2) is 7.20.